The molecule has 0 nitrogen and oxygen atoms in total. The van der Waals surface area contributed by atoms with Crippen LogP contribution in [0.25, 0.3) is 0 Å². The smallest absolute Gasteiger partial charge is 0.00405 e. The van der Waals surface area contributed by atoms with Crippen LogP contribution in [-0.4, -0.2) is 23.0 Å². The van der Waals surface area contributed by atoms with Gasteiger partial charge in [-0.1, -0.05) is 0 Å². The second-order valence-electron chi connectivity index (χ2n) is 7.69. The maximum atomic E-state index is 4.72. The fraction of sp³-hybridized carbons (Fsp3) is 1.00. The zero-order valence-corrected chi connectivity index (χ0v) is 14.4. The monoisotopic (exact) mass is 320 g/mol. The summed E-state index contributed by atoms with van der Waals surface area (Å²) in [6, 6.07) is 0. The average Bonchev–Trinajstić information content (AvgIpc) is 2.37. The van der Waals surface area contributed by atoms with Crippen molar-refractivity contribution in [2.45, 2.75) is 38.5 Å². The molecule has 4 bridgehead atoms. The van der Waals surface area contributed by atoms with Crippen LogP contribution in [-0.2, 0) is 0 Å². The Balaban J connectivity index is 2.06. The van der Waals surface area contributed by atoms with Crippen molar-refractivity contribution >= 4 is 50.5 Å². The quantitative estimate of drug-likeness (QED) is 0.552. The summed E-state index contributed by atoms with van der Waals surface area (Å²) in [6.45, 7) is 0. The molecule has 0 aromatic heterocycles. The lowest BCUT2D eigenvalue weighted by Crippen LogP contribution is -2.63. The van der Waals surface area contributed by atoms with Gasteiger partial charge in [-0.25, -0.2) is 0 Å². The Morgan fingerprint density at radius 2 is 0.611 bits per heavy atom. The summed E-state index contributed by atoms with van der Waals surface area (Å²) >= 11 is 18.9. The predicted octanol–water partition coefficient (Wildman–Crippen LogP) is 4.03. The molecule has 104 valence electrons. The van der Waals surface area contributed by atoms with Gasteiger partial charge in [0.2, 0.25) is 0 Å². The first-order chi connectivity index (χ1) is 8.49. The van der Waals surface area contributed by atoms with Crippen molar-refractivity contribution in [3.05, 3.63) is 0 Å². The van der Waals surface area contributed by atoms with E-state index in [1.807, 2.05) is 0 Å². The summed E-state index contributed by atoms with van der Waals surface area (Å²) in [5.74, 6) is 4.14. The molecule has 4 rings (SSSR count). The summed E-state index contributed by atoms with van der Waals surface area (Å²) in [7, 11) is 0. The molecule has 0 N–H and O–H groups in total. The fourth-order valence-corrected chi connectivity index (χ4v) is 7.54. The van der Waals surface area contributed by atoms with Crippen molar-refractivity contribution in [2.75, 3.05) is 23.0 Å². The van der Waals surface area contributed by atoms with Crippen LogP contribution in [0.15, 0.2) is 0 Å². The Morgan fingerprint density at radius 1 is 0.444 bits per heavy atom. The molecule has 0 radical (unpaired) electrons. The van der Waals surface area contributed by atoms with Crippen LogP contribution in [0.5, 0.6) is 0 Å². The lowest BCUT2D eigenvalue weighted by molar-refractivity contribution is -0.168. The predicted molar refractivity (Wildman–Crippen MR) is 92.8 cm³/mol. The second kappa shape index (κ2) is 4.45. The first-order valence-corrected chi connectivity index (χ1v) is 9.45. The van der Waals surface area contributed by atoms with Gasteiger partial charge in [-0.15, -0.1) is 0 Å². The van der Waals surface area contributed by atoms with E-state index in [2.05, 4.69) is 0 Å². The second-order valence-corrected chi connectivity index (χ2v) is 8.96. The Labute approximate surface area is 133 Å². The fourth-order valence-electron chi connectivity index (χ4n) is 6.19. The van der Waals surface area contributed by atoms with E-state index in [9.17, 15) is 0 Å². The van der Waals surface area contributed by atoms with Gasteiger partial charge in [-0.2, -0.15) is 50.5 Å². The molecule has 4 saturated carbocycles. The Kier molecular flexibility index (Phi) is 3.54. The van der Waals surface area contributed by atoms with Crippen molar-refractivity contribution in [1.82, 2.24) is 0 Å². The minimum Gasteiger partial charge on any atom is -0.179 e. The highest BCUT2D eigenvalue weighted by Gasteiger charge is 2.66. The standard InChI is InChI=1S/C14H24S4/c15-7-11-1-12(8-16)4-13(2-11,9-17)6-14(3-11,5-12)10-18/h15-18H,1-10H2. The van der Waals surface area contributed by atoms with Crippen LogP contribution >= 0.6 is 50.5 Å². The summed E-state index contributed by atoms with van der Waals surface area (Å²) in [4.78, 5) is 0. The third-order valence-corrected chi connectivity index (χ3v) is 8.52. The van der Waals surface area contributed by atoms with Crippen LogP contribution in [0.2, 0.25) is 0 Å². The van der Waals surface area contributed by atoms with E-state index < -0.39 is 0 Å². The van der Waals surface area contributed by atoms with Crippen molar-refractivity contribution in [2.24, 2.45) is 21.7 Å². The molecule has 0 aliphatic heterocycles. The van der Waals surface area contributed by atoms with E-state index in [-0.39, 0.29) is 0 Å². The highest BCUT2D eigenvalue weighted by molar-refractivity contribution is 7.80. The van der Waals surface area contributed by atoms with Crippen molar-refractivity contribution in [3.8, 4) is 0 Å². The summed E-state index contributed by atoms with van der Waals surface area (Å²) in [5.41, 5.74) is 1.80. The third-order valence-electron chi connectivity index (χ3n) is 5.84. The van der Waals surface area contributed by atoms with E-state index in [1.165, 1.54) is 38.5 Å². The van der Waals surface area contributed by atoms with Gasteiger partial charge < -0.3 is 0 Å². The lowest BCUT2D eigenvalue weighted by atomic mass is 9.36. The van der Waals surface area contributed by atoms with E-state index in [0.717, 1.165) is 23.0 Å². The zero-order chi connectivity index (χ0) is 13.1. The van der Waals surface area contributed by atoms with Gasteiger partial charge in [0.05, 0.1) is 0 Å². The van der Waals surface area contributed by atoms with Crippen molar-refractivity contribution in [3.63, 3.8) is 0 Å². The topological polar surface area (TPSA) is 0 Å². The van der Waals surface area contributed by atoms with Gasteiger partial charge in [0.25, 0.3) is 0 Å². The molecule has 0 spiro atoms. The number of rotatable bonds is 4. The van der Waals surface area contributed by atoms with Crippen molar-refractivity contribution < 1.29 is 0 Å². The minimum absolute atomic E-state index is 0.450. The number of hydrogen-bond acceptors (Lipinski definition) is 4. The molecule has 4 heteroatoms. The zero-order valence-electron chi connectivity index (χ0n) is 10.9. The summed E-state index contributed by atoms with van der Waals surface area (Å²) in [6.07, 6.45) is 8.07. The maximum absolute atomic E-state index is 4.72. The van der Waals surface area contributed by atoms with Crippen LogP contribution in [0, 0.1) is 21.7 Å². The number of hydrogen-bond donors (Lipinski definition) is 4. The van der Waals surface area contributed by atoms with Crippen LogP contribution in [0.3, 0.4) is 0 Å². The molecule has 4 fully saturated rings. The van der Waals surface area contributed by atoms with Gasteiger partial charge in [0.15, 0.2) is 0 Å². The molecule has 0 aromatic rings. The average molecular weight is 321 g/mol. The van der Waals surface area contributed by atoms with Crippen LogP contribution in [0.1, 0.15) is 38.5 Å². The molecule has 0 unspecified atom stereocenters. The molecular weight excluding hydrogens is 296 g/mol. The SMILES string of the molecule is SCC12CC3(CS)CC(CS)(C1)CC(CS)(C2)C3. The van der Waals surface area contributed by atoms with Crippen molar-refractivity contribution in [1.29, 1.82) is 0 Å². The van der Waals surface area contributed by atoms with Gasteiger partial charge in [0.1, 0.15) is 0 Å². The first-order valence-electron chi connectivity index (χ1n) is 6.92. The van der Waals surface area contributed by atoms with Gasteiger partial charge in [-0.3, -0.25) is 0 Å². The Bertz CT molecular complexity index is 250. The Hall–Kier alpha value is 1.40. The first kappa shape index (κ1) is 14.3. The third kappa shape index (κ3) is 1.92. The highest BCUT2D eigenvalue weighted by atomic mass is 32.1. The molecule has 0 saturated heterocycles. The van der Waals surface area contributed by atoms with E-state index in [0.29, 0.717) is 21.7 Å². The van der Waals surface area contributed by atoms with Gasteiger partial charge >= 0.3 is 0 Å². The van der Waals surface area contributed by atoms with E-state index in [1.54, 1.807) is 0 Å². The maximum Gasteiger partial charge on any atom is -0.00405 e. The van der Waals surface area contributed by atoms with Gasteiger partial charge in [0, 0.05) is 0 Å². The highest BCUT2D eigenvalue weighted by Crippen LogP contribution is 2.74. The molecular formula is C14H24S4. The van der Waals surface area contributed by atoms with E-state index in [4.69, 9.17) is 50.5 Å². The summed E-state index contributed by atoms with van der Waals surface area (Å²) < 4.78 is 0. The molecule has 18 heavy (non-hydrogen) atoms. The molecule has 0 amide bonds. The Morgan fingerprint density at radius 3 is 0.722 bits per heavy atom. The van der Waals surface area contributed by atoms with Crippen LogP contribution in [0.4, 0.5) is 0 Å². The molecule has 4 aliphatic rings. The minimum atomic E-state index is 0.450. The van der Waals surface area contributed by atoms with E-state index >= 15 is 0 Å². The molecule has 0 atom stereocenters. The molecule has 4 aliphatic carbocycles. The molecule has 0 heterocycles. The van der Waals surface area contributed by atoms with Crippen LogP contribution < -0.4 is 0 Å². The summed E-state index contributed by atoms with van der Waals surface area (Å²) in [5, 5.41) is 0. The lowest BCUT2D eigenvalue weighted by Gasteiger charge is -2.70. The normalized spacial score (nSPS) is 54.0. The molecule has 0 aromatic carbocycles. The number of thiol groups is 4. The largest absolute Gasteiger partial charge is 0.179 e. The van der Waals surface area contributed by atoms with Gasteiger partial charge in [-0.05, 0) is 83.2 Å².